The zero-order valence-corrected chi connectivity index (χ0v) is 14.4. The van der Waals surface area contributed by atoms with Crippen LogP contribution in [0.15, 0.2) is 60.2 Å². The standard InChI is InChI=1S/C19H17N5S/c1-2-5-14(6-3-1)23-11-10-21-19(23)24-16-8-9-20-13-15(16)18(22-24)17-7-4-12-25-17/h1-7,10-12,20H,8-9,13H2. The minimum Gasteiger partial charge on any atom is -0.312 e. The van der Waals surface area contributed by atoms with Crippen LogP contribution in [0.3, 0.4) is 0 Å². The highest BCUT2D eigenvalue weighted by Crippen LogP contribution is 2.32. The van der Waals surface area contributed by atoms with E-state index in [-0.39, 0.29) is 0 Å². The van der Waals surface area contributed by atoms with Crippen molar-refractivity contribution in [1.82, 2.24) is 24.6 Å². The Kier molecular flexibility index (Phi) is 3.50. The van der Waals surface area contributed by atoms with Crippen molar-refractivity contribution >= 4 is 11.3 Å². The molecule has 1 aliphatic rings. The second kappa shape index (κ2) is 5.98. The molecule has 0 radical (unpaired) electrons. The van der Waals surface area contributed by atoms with Crippen LogP contribution in [0.2, 0.25) is 0 Å². The smallest absolute Gasteiger partial charge is 0.235 e. The summed E-state index contributed by atoms with van der Waals surface area (Å²) < 4.78 is 4.12. The molecule has 4 heterocycles. The summed E-state index contributed by atoms with van der Waals surface area (Å²) in [7, 11) is 0. The second-order valence-corrected chi connectivity index (χ2v) is 6.97. The van der Waals surface area contributed by atoms with Gasteiger partial charge in [0.15, 0.2) is 0 Å². The van der Waals surface area contributed by atoms with Crippen LogP contribution in [0.4, 0.5) is 0 Å². The summed E-state index contributed by atoms with van der Waals surface area (Å²) in [5.41, 5.74) is 4.70. The maximum absolute atomic E-state index is 4.97. The van der Waals surface area contributed by atoms with Gasteiger partial charge in [-0.2, -0.15) is 5.10 Å². The maximum Gasteiger partial charge on any atom is 0.235 e. The van der Waals surface area contributed by atoms with Crippen molar-refractivity contribution in [3.63, 3.8) is 0 Å². The van der Waals surface area contributed by atoms with Gasteiger partial charge in [0.05, 0.1) is 10.6 Å². The number of hydrogen-bond acceptors (Lipinski definition) is 4. The molecule has 1 aliphatic heterocycles. The largest absolute Gasteiger partial charge is 0.312 e. The predicted molar refractivity (Wildman–Crippen MR) is 99.4 cm³/mol. The van der Waals surface area contributed by atoms with Gasteiger partial charge in [-0.1, -0.05) is 24.3 Å². The van der Waals surface area contributed by atoms with Gasteiger partial charge < -0.3 is 5.32 Å². The molecule has 0 bridgehead atoms. The van der Waals surface area contributed by atoms with Crippen molar-refractivity contribution in [3.8, 4) is 22.2 Å². The number of imidazole rings is 1. The SMILES string of the molecule is c1ccc(-n2ccnc2-n2nc(-c3cccs3)c3c2CCNC3)cc1. The molecule has 124 valence electrons. The number of hydrogen-bond donors (Lipinski definition) is 1. The number of nitrogens with zero attached hydrogens (tertiary/aromatic N) is 4. The third-order valence-electron chi connectivity index (χ3n) is 4.53. The van der Waals surface area contributed by atoms with Gasteiger partial charge in [0.1, 0.15) is 5.69 Å². The number of para-hydroxylation sites is 1. The molecule has 5 nitrogen and oxygen atoms in total. The Balaban J connectivity index is 1.70. The Morgan fingerprint density at radius 1 is 1.08 bits per heavy atom. The highest BCUT2D eigenvalue weighted by molar-refractivity contribution is 7.13. The van der Waals surface area contributed by atoms with Crippen LogP contribution < -0.4 is 5.32 Å². The fourth-order valence-corrected chi connectivity index (χ4v) is 4.10. The van der Waals surface area contributed by atoms with Crippen molar-refractivity contribution in [2.75, 3.05) is 6.54 Å². The molecule has 1 aromatic carbocycles. The lowest BCUT2D eigenvalue weighted by atomic mass is 10.1. The molecule has 5 rings (SSSR count). The molecule has 0 fully saturated rings. The highest BCUT2D eigenvalue weighted by atomic mass is 32.1. The molecular formula is C19H17N5S. The Hall–Kier alpha value is -2.70. The van der Waals surface area contributed by atoms with Crippen LogP contribution in [-0.2, 0) is 13.0 Å². The molecule has 0 saturated heterocycles. The van der Waals surface area contributed by atoms with Crippen LogP contribution in [0.5, 0.6) is 0 Å². The van der Waals surface area contributed by atoms with E-state index in [4.69, 9.17) is 5.10 Å². The molecule has 25 heavy (non-hydrogen) atoms. The van der Waals surface area contributed by atoms with E-state index in [2.05, 4.69) is 44.5 Å². The van der Waals surface area contributed by atoms with E-state index >= 15 is 0 Å². The van der Waals surface area contributed by atoms with Crippen molar-refractivity contribution in [2.45, 2.75) is 13.0 Å². The van der Waals surface area contributed by atoms with Crippen molar-refractivity contribution in [3.05, 3.63) is 71.5 Å². The molecule has 6 heteroatoms. The van der Waals surface area contributed by atoms with Crippen molar-refractivity contribution in [2.24, 2.45) is 0 Å². The minimum atomic E-state index is 0.840. The lowest BCUT2D eigenvalue weighted by Crippen LogP contribution is -2.25. The normalized spacial score (nSPS) is 13.8. The van der Waals surface area contributed by atoms with Gasteiger partial charge in [-0.05, 0) is 23.6 Å². The Bertz CT molecular complexity index is 998. The van der Waals surface area contributed by atoms with Gasteiger partial charge in [0.25, 0.3) is 0 Å². The summed E-state index contributed by atoms with van der Waals surface area (Å²) in [5, 5.41) is 10.5. The summed E-state index contributed by atoms with van der Waals surface area (Å²) >= 11 is 1.73. The summed E-state index contributed by atoms with van der Waals surface area (Å²) in [6, 6.07) is 14.5. The zero-order valence-electron chi connectivity index (χ0n) is 13.6. The molecule has 0 amide bonds. The van der Waals surface area contributed by atoms with Crippen LogP contribution >= 0.6 is 11.3 Å². The fourth-order valence-electron chi connectivity index (χ4n) is 3.37. The summed E-state index contributed by atoms with van der Waals surface area (Å²) in [6.07, 6.45) is 4.78. The summed E-state index contributed by atoms with van der Waals surface area (Å²) in [4.78, 5) is 5.82. The van der Waals surface area contributed by atoms with E-state index in [0.717, 1.165) is 36.8 Å². The second-order valence-electron chi connectivity index (χ2n) is 6.02. The monoisotopic (exact) mass is 347 g/mol. The minimum absolute atomic E-state index is 0.840. The van der Waals surface area contributed by atoms with Crippen LogP contribution in [0.25, 0.3) is 22.2 Å². The molecule has 0 aliphatic carbocycles. The van der Waals surface area contributed by atoms with Gasteiger partial charge in [0, 0.05) is 43.2 Å². The summed E-state index contributed by atoms with van der Waals surface area (Å²) in [6.45, 7) is 1.82. The molecular weight excluding hydrogens is 330 g/mol. The topological polar surface area (TPSA) is 47.7 Å². The first-order valence-corrected chi connectivity index (χ1v) is 9.24. The molecule has 3 aromatic heterocycles. The fraction of sp³-hybridized carbons (Fsp3) is 0.158. The molecule has 0 atom stereocenters. The number of nitrogens with one attached hydrogen (secondary N) is 1. The van der Waals surface area contributed by atoms with E-state index in [1.54, 1.807) is 11.3 Å². The first-order valence-electron chi connectivity index (χ1n) is 8.36. The van der Waals surface area contributed by atoms with Crippen LogP contribution in [0.1, 0.15) is 11.3 Å². The Morgan fingerprint density at radius 3 is 2.84 bits per heavy atom. The van der Waals surface area contributed by atoms with Gasteiger partial charge in [0.2, 0.25) is 5.95 Å². The van der Waals surface area contributed by atoms with E-state index < -0.39 is 0 Å². The molecule has 0 spiro atoms. The number of aromatic nitrogens is 4. The predicted octanol–water partition coefficient (Wildman–Crippen LogP) is 3.43. The lowest BCUT2D eigenvalue weighted by molar-refractivity contribution is 0.615. The quantitative estimate of drug-likeness (QED) is 0.618. The average molecular weight is 347 g/mol. The third kappa shape index (κ3) is 2.42. The maximum atomic E-state index is 4.97. The van der Waals surface area contributed by atoms with Crippen LogP contribution in [0, 0.1) is 0 Å². The Labute approximate surface area is 149 Å². The number of thiophene rings is 1. The highest BCUT2D eigenvalue weighted by Gasteiger charge is 2.24. The zero-order chi connectivity index (χ0) is 16.6. The number of fused-ring (bicyclic) bond motifs is 1. The molecule has 0 saturated carbocycles. The Morgan fingerprint density at radius 2 is 2.00 bits per heavy atom. The van der Waals surface area contributed by atoms with Gasteiger partial charge in [-0.15, -0.1) is 11.3 Å². The van der Waals surface area contributed by atoms with Gasteiger partial charge >= 0.3 is 0 Å². The number of rotatable bonds is 3. The van der Waals surface area contributed by atoms with Gasteiger partial charge in [-0.25, -0.2) is 9.67 Å². The van der Waals surface area contributed by atoms with E-state index in [9.17, 15) is 0 Å². The van der Waals surface area contributed by atoms with Crippen LogP contribution in [-0.4, -0.2) is 25.9 Å². The van der Waals surface area contributed by atoms with E-state index in [1.807, 2.05) is 35.3 Å². The van der Waals surface area contributed by atoms with Gasteiger partial charge in [-0.3, -0.25) is 4.57 Å². The van der Waals surface area contributed by atoms with Crippen molar-refractivity contribution < 1.29 is 0 Å². The first kappa shape index (κ1) is 14.6. The molecule has 0 unspecified atom stereocenters. The molecule has 4 aromatic rings. The molecule has 1 N–H and O–H groups in total. The average Bonchev–Trinajstić information content (AvgIpc) is 3.41. The number of benzene rings is 1. The van der Waals surface area contributed by atoms with E-state index in [0.29, 0.717) is 0 Å². The summed E-state index contributed by atoms with van der Waals surface area (Å²) in [5.74, 6) is 0.840. The van der Waals surface area contributed by atoms with E-state index in [1.165, 1.54) is 16.1 Å². The lowest BCUT2D eigenvalue weighted by Gasteiger charge is -2.16. The first-order chi connectivity index (χ1) is 12.4. The third-order valence-corrected chi connectivity index (χ3v) is 5.41. The van der Waals surface area contributed by atoms with Crippen molar-refractivity contribution in [1.29, 1.82) is 0 Å².